The van der Waals surface area contributed by atoms with Crippen LogP contribution < -0.4 is 15.2 Å². The Morgan fingerprint density at radius 1 is 1.32 bits per heavy atom. The first kappa shape index (κ1) is 19.7. The van der Waals surface area contributed by atoms with Gasteiger partial charge in [0.2, 0.25) is 12.7 Å². The minimum Gasteiger partial charge on any atom is -0.481 e. The molecule has 3 N–H and O–H groups in total. The highest BCUT2D eigenvalue weighted by Crippen LogP contribution is 2.36. The summed E-state index contributed by atoms with van der Waals surface area (Å²) in [6.07, 6.45) is 2.73. The van der Waals surface area contributed by atoms with E-state index in [0.29, 0.717) is 48.4 Å². The smallest absolute Gasteiger partial charge is 0.303 e. The molecule has 0 unspecified atom stereocenters. The van der Waals surface area contributed by atoms with Crippen molar-refractivity contribution in [1.29, 1.82) is 0 Å². The molecule has 0 spiro atoms. The average Bonchev–Trinajstić information content (AvgIpc) is 3.28. The van der Waals surface area contributed by atoms with Crippen molar-refractivity contribution < 1.29 is 23.9 Å². The van der Waals surface area contributed by atoms with Crippen LogP contribution in [0.2, 0.25) is 0 Å². The number of amidine groups is 1. The van der Waals surface area contributed by atoms with Crippen LogP contribution in [0.5, 0.6) is 11.5 Å². The molecule has 2 heterocycles. The number of aliphatic carboxylic acids is 1. The first-order valence-electron chi connectivity index (χ1n) is 9.20. The van der Waals surface area contributed by atoms with E-state index in [1.165, 1.54) is 0 Å². The first-order valence-corrected chi connectivity index (χ1v) is 9.20. The largest absolute Gasteiger partial charge is 0.481 e. The van der Waals surface area contributed by atoms with Crippen molar-refractivity contribution in [1.82, 2.24) is 10.1 Å². The van der Waals surface area contributed by atoms with Crippen LogP contribution in [-0.2, 0) is 17.6 Å². The van der Waals surface area contributed by atoms with Crippen LogP contribution in [-0.4, -0.2) is 40.4 Å². The number of aliphatic imine (C=N–C) groups is 1. The molecular formula is C19H24N4O5. The number of ether oxygens (including phenoxy) is 2. The molecule has 1 aliphatic rings. The SMILES string of the molecule is CC(N)=NCCCCc1noc(C[C@@H](CC(=O)O)c2ccc3c(c2)OCO3)n1. The third-order valence-corrected chi connectivity index (χ3v) is 4.39. The van der Waals surface area contributed by atoms with Gasteiger partial charge in [0.1, 0.15) is 0 Å². The van der Waals surface area contributed by atoms with E-state index >= 15 is 0 Å². The quantitative estimate of drug-likeness (QED) is 0.360. The number of carbonyl (C=O) groups is 1. The van der Waals surface area contributed by atoms with Crippen LogP contribution in [0.15, 0.2) is 27.7 Å². The number of carboxylic acid groups (broad SMARTS) is 1. The number of nitrogens with two attached hydrogens (primary N) is 1. The Bertz CT molecular complexity index is 845. The summed E-state index contributed by atoms with van der Waals surface area (Å²) in [4.78, 5) is 19.9. The number of carboxylic acids is 1. The van der Waals surface area contributed by atoms with Crippen molar-refractivity contribution in [2.45, 2.75) is 44.9 Å². The van der Waals surface area contributed by atoms with Crippen LogP contribution in [0.3, 0.4) is 0 Å². The van der Waals surface area contributed by atoms with Crippen LogP contribution in [0.25, 0.3) is 0 Å². The van der Waals surface area contributed by atoms with Crippen molar-refractivity contribution in [3.8, 4) is 11.5 Å². The molecule has 1 aromatic carbocycles. The maximum absolute atomic E-state index is 11.3. The standard InChI is InChI=1S/C19H24N4O5/c1-12(20)21-7-3-2-4-17-22-18(28-23-17)9-14(10-19(24)25)13-5-6-15-16(8-13)27-11-26-15/h5-6,8,14H,2-4,7,9-11H2,1H3,(H2,20,21)(H,24,25)/t14-/m0/s1. The second kappa shape index (κ2) is 9.20. The van der Waals surface area contributed by atoms with Gasteiger partial charge in [0.25, 0.3) is 0 Å². The van der Waals surface area contributed by atoms with Gasteiger partial charge >= 0.3 is 5.97 Å². The van der Waals surface area contributed by atoms with Gasteiger partial charge in [-0.3, -0.25) is 9.79 Å². The number of hydrogen-bond acceptors (Lipinski definition) is 7. The van der Waals surface area contributed by atoms with Gasteiger partial charge in [-0.1, -0.05) is 11.2 Å². The Labute approximate surface area is 162 Å². The lowest BCUT2D eigenvalue weighted by atomic mass is 9.92. The van der Waals surface area contributed by atoms with Gasteiger partial charge in [-0.2, -0.15) is 4.98 Å². The zero-order valence-electron chi connectivity index (χ0n) is 15.8. The summed E-state index contributed by atoms with van der Waals surface area (Å²) < 4.78 is 16.0. The Balaban J connectivity index is 1.61. The summed E-state index contributed by atoms with van der Waals surface area (Å²) in [5.74, 6) is 1.70. The highest BCUT2D eigenvalue weighted by Gasteiger charge is 2.23. The molecule has 0 fully saturated rings. The molecule has 0 radical (unpaired) electrons. The second-order valence-corrected chi connectivity index (χ2v) is 6.70. The summed E-state index contributed by atoms with van der Waals surface area (Å²) in [6, 6.07) is 5.45. The minimum absolute atomic E-state index is 0.0478. The van der Waals surface area contributed by atoms with Gasteiger partial charge in [-0.05, 0) is 37.5 Å². The van der Waals surface area contributed by atoms with Crippen molar-refractivity contribution in [2.24, 2.45) is 10.7 Å². The number of benzene rings is 1. The van der Waals surface area contributed by atoms with Gasteiger partial charge in [-0.25, -0.2) is 0 Å². The number of aryl methyl sites for hydroxylation is 1. The van der Waals surface area contributed by atoms with E-state index in [4.69, 9.17) is 19.7 Å². The van der Waals surface area contributed by atoms with E-state index in [1.807, 2.05) is 12.1 Å². The van der Waals surface area contributed by atoms with Crippen molar-refractivity contribution in [3.63, 3.8) is 0 Å². The minimum atomic E-state index is -0.891. The lowest BCUT2D eigenvalue weighted by Crippen LogP contribution is -2.09. The third kappa shape index (κ3) is 5.45. The number of unbranched alkanes of at least 4 members (excludes halogenated alkanes) is 1. The first-order chi connectivity index (χ1) is 13.5. The molecule has 2 aromatic rings. The van der Waals surface area contributed by atoms with Gasteiger partial charge in [0.05, 0.1) is 12.3 Å². The van der Waals surface area contributed by atoms with Gasteiger partial charge in [0, 0.05) is 25.3 Å². The van der Waals surface area contributed by atoms with Crippen molar-refractivity contribution in [2.75, 3.05) is 13.3 Å². The van der Waals surface area contributed by atoms with Crippen LogP contribution in [0, 0.1) is 0 Å². The fourth-order valence-electron chi connectivity index (χ4n) is 3.02. The van der Waals surface area contributed by atoms with E-state index in [0.717, 1.165) is 18.4 Å². The zero-order valence-corrected chi connectivity index (χ0v) is 15.8. The van der Waals surface area contributed by atoms with E-state index < -0.39 is 5.97 Å². The molecule has 0 amide bonds. The molecule has 1 atom stereocenters. The molecule has 3 rings (SSSR count). The highest BCUT2D eigenvalue weighted by molar-refractivity contribution is 5.77. The molecule has 150 valence electrons. The Kier molecular flexibility index (Phi) is 6.46. The number of nitrogens with zero attached hydrogens (tertiary/aromatic N) is 3. The van der Waals surface area contributed by atoms with E-state index in [1.54, 1.807) is 13.0 Å². The molecule has 1 aliphatic heterocycles. The number of rotatable bonds is 10. The summed E-state index contributed by atoms with van der Waals surface area (Å²) in [5.41, 5.74) is 6.34. The predicted molar refractivity (Wildman–Crippen MR) is 101 cm³/mol. The fraction of sp³-hybridized carbons (Fsp3) is 0.474. The highest BCUT2D eigenvalue weighted by atomic mass is 16.7. The normalized spacial score (nSPS) is 14.2. The number of aromatic nitrogens is 2. The summed E-state index contributed by atoms with van der Waals surface area (Å²) in [6.45, 7) is 2.61. The fourth-order valence-corrected chi connectivity index (χ4v) is 3.02. The third-order valence-electron chi connectivity index (χ3n) is 4.39. The van der Waals surface area contributed by atoms with Crippen LogP contribution in [0.1, 0.15) is 49.4 Å². The van der Waals surface area contributed by atoms with E-state index in [9.17, 15) is 9.90 Å². The van der Waals surface area contributed by atoms with Crippen LogP contribution in [0.4, 0.5) is 0 Å². The maximum Gasteiger partial charge on any atom is 0.303 e. The van der Waals surface area contributed by atoms with Gasteiger partial charge in [-0.15, -0.1) is 0 Å². The Morgan fingerprint density at radius 2 is 2.14 bits per heavy atom. The zero-order chi connectivity index (χ0) is 19.9. The molecule has 0 aliphatic carbocycles. The van der Waals surface area contributed by atoms with Crippen LogP contribution >= 0.6 is 0 Å². The van der Waals surface area contributed by atoms with E-state index in [-0.39, 0.29) is 19.1 Å². The number of fused-ring (bicyclic) bond motifs is 1. The summed E-state index contributed by atoms with van der Waals surface area (Å²) in [5, 5.41) is 13.3. The topological polar surface area (TPSA) is 133 Å². The van der Waals surface area contributed by atoms with Gasteiger partial charge in [0.15, 0.2) is 17.3 Å². The summed E-state index contributed by atoms with van der Waals surface area (Å²) in [7, 11) is 0. The molecule has 28 heavy (non-hydrogen) atoms. The molecule has 0 bridgehead atoms. The van der Waals surface area contributed by atoms with E-state index in [2.05, 4.69) is 15.1 Å². The number of hydrogen-bond donors (Lipinski definition) is 2. The molecule has 9 nitrogen and oxygen atoms in total. The average molecular weight is 388 g/mol. The molecule has 9 heteroatoms. The van der Waals surface area contributed by atoms with Gasteiger partial charge < -0.3 is 24.8 Å². The molecule has 0 saturated heterocycles. The van der Waals surface area contributed by atoms with Crippen molar-refractivity contribution in [3.05, 3.63) is 35.5 Å². The molecular weight excluding hydrogens is 364 g/mol. The van der Waals surface area contributed by atoms with Crippen molar-refractivity contribution >= 4 is 11.8 Å². The second-order valence-electron chi connectivity index (χ2n) is 6.70. The predicted octanol–water partition coefficient (Wildman–Crippen LogP) is 2.30. The Hall–Kier alpha value is -3.10. The lowest BCUT2D eigenvalue weighted by molar-refractivity contribution is -0.137. The monoisotopic (exact) mass is 388 g/mol. The maximum atomic E-state index is 11.3. The summed E-state index contributed by atoms with van der Waals surface area (Å²) >= 11 is 0. The molecule has 0 saturated carbocycles. The Morgan fingerprint density at radius 3 is 2.93 bits per heavy atom. The lowest BCUT2D eigenvalue weighted by Gasteiger charge is -2.13. The molecule has 1 aromatic heterocycles.